The molecule has 0 radical (unpaired) electrons. The molecule has 0 aliphatic heterocycles. The first-order valence-electron chi connectivity index (χ1n) is 6.92. The highest BCUT2D eigenvalue weighted by atomic mass is 16.5. The fourth-order valence-corrected chi connectivity index (χ4v) is 2.70. The molecule has 22 heavy (non-hydrogen) atoms. The van der Waals surface area contributed by atoms with Gasteiger partial charge in [-0.3, -0.25) is 4.79 Å². The average Bonchev–Trinajstić information content (AvgIpc) is 2.85. The lowest BCUT2D eigenvalue weighted by Gasteiger charge is -2.05. The molecule has 0 fully saturated rings. The zero-order valence-corrected chi connectivity index (χ0v) is 12.4. The van der Waals surface area contributed by atoms with E-state index in [-0.39, 0.29) is 11.5 Å². The molecule has 0 heterocycles. The first-order chi connectivity index (χ1) is 10.6. The van der Waals surface area contributed by atoms with Gasteiger partial charge >= 0.3 is 0 Å². The van der Waals surface area contributed by atoms with Gasteiger partial charge in [-0.1, -0.05) is 18.2 Å². The third kappa shape index (κ3) is 2.33. The second kappa shape index (κ2) is 5.56. The van der Waals surface area contributed by atoms with E-state index in [9.17, 15) is 9.90 Å². The van der Waals surface area contributed by atoms with Gasteiger partial charge in [-0.05, 0) is 29.8 Å². The van der Waals surface area contributed by atoms with Crippen molar-refractivity contribution in [3.63, 3.8) is 0 Å². The summed E-state index contributed by atoms with van der Waals surface area (Å²) in [5.41, 5.74) is 3.13. The number of aromatic hydroxyl groups is 1. The lowest BCUT2D eigenvalue weighted by Crippen LogP contribution is -1.95. The van der Waals surface area contributed by atoms with Crippen LogP contribution in [-0.4, -0.2) is 25.1 Å². The van der Waals surface area contributed by atoms with Crippen LogP contribution in [-0.2, 0) is 6.42 Å². The SMILES string of the molecule is COc1cc(/C=C2\Cc3c(OC)cccc3C2=O)ccc1O. The molecule has 4 heteroatoms. The maximum atomic E-state index is 12.5. The van der Waals surface area contributed by atoms with E-state index in [0.717, 1.165) is 16.9 Å². The van der Waals surface area contributed by atoms with Crippen LogP contribution in [0.25, 0.3) is 6.08 Å². The van der Waals surface area contributed by atoms with Gasteiger partial charge in [0.25, 0.3) is 0 Å². The van der Waals surface area contributed by atoms with Crippen molar-refractivity contribution in [3.8, 4) is 17.2 Å². The Kier molecular flexibility index (Phi) is 3.59. The number of carbonyl (C=O) groups is 1. The molecule has 0 bridgehead atoms. The minimum absolute atomic E-state index is 0.0148. The molecule has 112 valence electrons. The number of hydrogen-bond donors (Lipinski definition) is 1. The molecule has 3 rings (SSSR count). The summed E-state index contributed by atoms with van der Waals surface area (Å²) in [6.07, 6.45) is 2.37. The first kappa shape index (κ1) is 14.2. The van der Waals surface area contributed by atoms with Crippen molar-refractivity contribution in [2.24, 2.45) is 0 Å². The molecule has 1 N–H and O–H groups in total. The normalized spacial score (nSPS) is 15.0. The summed E-state index contributed by atoms with van der Waals surface area (Å²) in [5, 5.41) is 9.63. The maximum Gasteiger partial charge on any atom is 0.189 e. The van der Waals surface area contributed by atoms with Crippen molar-refractivity contribution < 1.29 is 19.4 Å². The van der Waals surface area contributed by atoms with Gasteiger partial charge in [0.1, 0.15) is 5.75 Å². The molecule has 0 aromatic heterocycles. The van der Waals surface area contributed by atoms with Crippen LogP contribution in [0.1, 0.15) is 21.5 Å². The summed E-state index contributed by atoms with van der Waals surface area (Å²) in [5.74, 6) is 1.21. The molecule has 0 unspecified atom stereocenters. The summed E-state index contributed by atoms with van der Waals surface area (Å²) in [7, 11) is 3.10. The van der Waals surface area contributed by atoms with Crippen LogP contribution in [0.4, 0.5) is 0 Å². The van der Waals surface area contributed by atoms with E-state index in [1.165, 1.54) is 7.11 Å². The number of phenolic OH excluding ortho intramolecular Hbond substituents is 1. The molecule has 0 spiro atoms. The van der Waals surface area contributed by atoms with Crippen molar-refractivity contribution in [2.45, 2.75) is 6.42 Å². The zero-order valence-electron chi connectivity index (χ0n) is 12.4. The van der Waals surface area contributed by atoms with Crippen molar-refractivity contribution in [1.82, 2.24) is 0 Å². The Balaban J connectivity index is 1.99. The topological polar surface area (TPSA) is 55.8 Å². The Morgan fingerprint density at radius 2 is 1.86 bits per heavy atom. The Bertz CT molecular complexity index is 775. The summed E-state index contributed by atoms with van der Waals surface area (Å²) in [6, 6.07) is 10.5. The van der Waals surface area contributed by atoms with Gasteiger partial charge in [-0.2, -0.15) is 0 Å². The van der Waals surface area contributed by atoms with Crippen molar-refractivity contribution in [3.05, 3.63) is 58.7 Å². The smallest absolute Gasteiger partial charge is 0.189 e. The van der Waals surface area contributed by atoms with E-state index in [1.54, 1.807) is 25.3 Å². The maximum absolute atomic E-state index is 12.5. The lowest BCUT2D eigenvalue weighted by molar-refractivity contribution is 0.104. The first-order valence-corrected chi connectivity index (χ1v) is 6.92. The highest BCUT2D eigenvalue weighted by Crippen LogP contribution is 2.35. The number of ether oxygens (including phenoxy) is 2. The van der Waals surface area contributed by atoms with Gasteiger partial charge in [0.15, 0.2) is 17.3 Å². The number of rotatable bonds is 3. The van der Waals surface area contributed by atoms with Gasteiger partial charge in [0.05, 0.1) is 14.2 Å². The summed E-state index contributed by atoms with van der Waals surface area (Å²) >= 11 is 0. The fraction of sp³-hybridized carbons (Fsp3) is 0.167. The number of phenols is 1. The van der Waals surface area contributed by atoms with E-state index >= 15 is 0 Å². The Morgan fingerprint density at radius 1 is 1.09 bits per heavy atom. The molecule has 0 atom stereocenters. The number of Topliss-reactive ketones (excluding diaryl/α,β-unsaturated/α-hetero) is 1. The molecule has 0 saturated carbocycles. The van der Waals surface area contributed by atoms with Crippen molar-refractivity contribution in [1.29, 1.82) is 0 Å². The van der Waals surface area contributed by atoms with Crippen molar-refractivity contribution >= 4 is 11.9 Å². The summed E-state index contributed by atoms with van der Waals surface area (Å²) in [4.78, 5) is 12.5. The average molecular weight is 296 g/mol. The Morgan fingerprint density at radius 3 is 2.59 bits per heavy atom. The van der Waals surface area contributed by atoms with Crippen LogP contribution in [0.15, 0.2) is 42.0 Å². The molecule has 0 saturated heterocycles. The van der Waals surface area contributed by atoms with Gasteiger partial charge < -0.3 is 14.6 Å². The number of carbonyl (C=O) groups excluding carboxylic acids is 1. The molecule has 1 aliphatic rings. The fourth-order valence-electron chi connectivity index (χ4n) is 2.70. The molecule has 2 aromatic carbocycles. The number of methoxy groups -OCH3 is 2. The van der Waals surface area contributed by atoms with Gasteiger partial charge in [-0.25, -0.2) is 0 Å². The van der Waals surface area contributed by atoms with E-state index in [0.29, 0.717) is 23.3 Å². The molecule has 4 nitrogen and oxygen atoms in total. The third-order valence-electron chi connectivity index (χ3n) is 3.80. The van der Waals surface area contributed by atoms with Crippen molar-refractivity contribution in [2.75, 3.05) is 14.2 Å². The van der Waals surface area contributed by atoms with Gasteiger partial charge in [-0.15, -0.1) is 0 Å². The second-order valence-corrected chi connectivity index (χ2v) is 5.09. The van der Waals surface area contributed by atoms with Crippen LogP contribution >= 0.6 is 0 Å². The monoisotopic (exact) mass is 296 g/mol. The molecule has 1 aliphatic carbocycles. The predicted molar refractivity (Wildman–Crippen MR) is 83.7 cm³/mol. The van der Waals surface area contributed by atoms with Crippen LogP contribution < -0.4 is 9.47 Å². The largest absolute Gasteiger partial charge is 0.504 e. The van der Waals surface area contributed by atoms with E-state index in [4.69, 9.17) is 9.47 Å². The number of allylic oxidation sites excluding steroid dienone is 1. The summed E-state index contributed by atoms with van der Waals surface area (Å²) in [6.45, 7) is 0. The van der Waals surface area contributed by atoms with E-state index in [2.05, 4.69) is 0 Å². The summed E-state index contributed by atoms with van der Waals surface area (Å²) < 4.78 is 10.4. The number of hydrogen-bond acceptors (Lipinski definition) is 4. The third-order valence-corrected chi connectivity index (χ3v) is 3.80. The highest BCUT2D eigenvalue weighted by Gasteiger charge is 2.27. The molecule has 2 aromatic rings. The van der Waals surface area contributed by atoms with Gasteiger partial charge in [0, 0.05) is 23.1 Å². The quantitative estimate of drug-likeness (QED) is 0.884. The van der Waals surface area contributed by atoms with Crippen LogP contribution in [0.3, 0.4) is 0 Å². The Labute approximate surface area is 128 Å². The zero-order chi connectivity index (χ0) is 15.7. The minimum Gasteiger partial charge on any atom is -0.504 e. The molecular weight excluding hydrogens is 280 g/mol. The number of fused-ring (bicyclic) bond motifs is 1. The molecular formula is C18H16O4. The second-order valence-electron chi connectivity index (χ2n) is 5.09. The minimum atomic E-state index is 0.0148. The van der Waals surface area contributed by atoms with Crippen LogP contribution in [0.5, 0.6) is 17.2 Å². The van der Waals surface area contributed by atoms with E-state index in [1.807, 2.05) is 24.3 Å². The Hall–Kier alpha value is -2.75. The number of benzene rings is 2. The van der Waals surface area contributed by atoms with Gasteiger partial charge in [0.2, 0.25) is 0 Å². The standard InChI is InChI=1S/C18H16O4/c1-21-16-5-3-4-13-14(16)10-12(18(13)20)8-11-6-7-15(19)17(9-11)22-2/h3-9,19H,10H2,1-2H3/b12-8+. The lowest BCUT2D eigenvalue weighted by atomic mass is 10.1. The highest BCUT2D eigenvalue weighted by molar-refractivity contribution is 6.16. The molecule has 0 amide bonds. The van der Waals surface area contributed by atoms with Crippen LogP contribution in [0.2, 0.25) is 0 Å². The van der Waals surface area contributed by atoms with Crippen LogP contribution in [0, 0.1) is 0 Å². The predicted octanol–water partition coefficient (Wildman–Crippen LogP) is 3.23. The number of ketones is 1. The van der Waals surface area contributed by atoms with E-state index < -0.39 is 0 Å².